The molecular weight excluding hydrogens is 296 g/mol. The Hall–Kier alpha value is -2.57. The maximum absolute atomic E-state index is 12.0. The SMILES string of the molecule is N#C/C(=C\c1ccccc1Cl)C(=O)NCCc1ccccc1. The van der Waals surface area contributed by atoms with E-state index >= 15 is 0 Å². The van der Waals surface area contributed by atoms with E-state index in [0.29, 0.717) is 17.1 Å². The fourth-order valence-electron chi connectivity index (χ4n) is 1.96. The lowest BCUT2D eigenvalue weighted by Gasteiger charge is -2.05. The molecule has 0 saturated heterocycles. The Morgan fingerprint density at radius 3 is 2.50 bits per heavy atom. The predicted molar refractivity (Wildman–Crippen MR) is 88.2 cm³/mol. The van der Waals surface area contributed by atoms with Crippen molar-refractivity contribution in [3.63, 3.8) is 0 Å². The van der Waals surface area contributed by atoms with Gasteiger partial charge < -0.3 is 5.32 Å². The van der Waals surface area contributed by atoms with Gasteiger partial charge in [-0.1, -0.05) is 60.1 Å². The lowest BCUT2D eigenvalue weighted by Crippen LogP contribution is -2.26. The number of hydrogen-bond acceptors (Lipinski definition) is 2. The largest absolute Gasteiger partial charge is 0.351 e. The van der Waals surface area contributed by atoms with E-state index in [0.717, 1.165) is 12.0 Å². The normalized spacial score (nSPS) is 10.8. The van der Waals surface area contributed by atoms with Crippen molar-refractivity contribution in [3.8, 4) is 6.07 Å². The number of nitriles is 1. The summed E-state index contributed by atoms with van der Waals surface area (Å²) in [5.41, 5.74) is 1.83. The molecular formula is C18H15ClN2O. The number of nitrogens with one attached hydrogen (secondary N) is 1. The Balaban J connectivity index is 1.98. The van der Waals surface area contributed by atoms with Crippen LogP contribution in [0, 0.1) is 11.3 Å². The molecule has 4 heteroatoms. The molecule has 0 unspecified atom stereocenters. The molecule has 0 heterocycles. The van der Waals surface area contributed by atoms with Crippen molar-refractivity contribution in [1.29, 1.82) is 5.26 Å². The fourth-order valence-corrected chi connectivity index (χ4v) is 2.15. The summed E-state index contributed by atoms with van der Waals surface area (Å²) in [5, 5.41) is 12.4. The van der Waals surface area contributed by atoms with Gasteiger partial charge in [0.25, 0.3) is 5.91 Å². The van der Waals surface area contributed by atoms with Crippen LogP contribution in [0.5, 0.6) is 0 Å². The highest BCUT2D eigenvalue weighted by molar-refractivity contribution is 6.32. The van der Waals surface area contributed by atoms with Gasteiger partial charge in [0.15, 0.2) is 0 Å². The first-order chi connectivity index (χ1) is 10.7. The van der Waals surface area contributed by atoms with Gasteiger partial charge in [-0.2, -0.15) is 5.26 Å². The third-order valence-electron chi connectivity index (χ3n) is 3.11. The van der Waals surface area contributed by atoms with Crippen molar-refractivity contribution in [2.45, 2.75) is 6.42 Å². The van der Waals surface area contributed by atoms with Gasteiger partial charge in [0.1, 0.15) is 11.6 Å². The lowest BCUT2D eigenvalue weighted by atomic mass is 10.1. The molecule has 0 atom stereocenters. The number of nitrogens with zero attached hydrogens (tertiary/aromatic N) is 1. The minimum atomic E-state index is -0.390. The number of halogens is 1. The molecule has 2 aromatic carbocycles. The number of amides is 1. The summed E-state index contributed by atoms with van der Waals surface area (Å²) in [6.07, 6.45) is 2.22. The highest BCUT2D eigenvalue weighted by Crippen LogP contribution is 2.18. The molecule has 0 spiro atoms. The predicted octanol–water partition coefficient (Wildman–Crippen LogP) is 3.61. The van der Waals surface area contributed by atoms with E-state index in [1.165, 1.54) is 6.08 Å². The average Bonchev–Trinajstić information content (AvgIpc) is 2.55. The Labute approximate surface area is 134 Å². The van der Waals surface area contributed by atoms with Crippen LogP contribution in [0.4, 0.5) is 0 Å². The molecule has 1 N–H and O–H groups in total. The summed E-state index contributed by atoms with van der Waals surface area (Å²) in [7, 11) is 0. The van der Waals surface area contributed by atoms with E-state index in [-0.39, 0.29) is 5.57 Å². The van der Waals surface area contributed by atoms with E-state index in [9.17, 15) is 4.79 Å². The van der Waals surface area contributed by atoms with Crippen molar-refractivity contribution in [2.75, 3.05) is 6.54 Å². The molecule has 2 aromatic rings. The van der Waals surface area contributed by atoms with Gasteiger partial charge in [-0.05, 0) is 29.7 Å². The molecule has 0 radical (unpaired) electrons. The van der Waals surface area contributed by atoms with Crippen LogP contribution in [-0.2, 0) is 11.2 Å². The van der Waals surface area contributed by atoms with Gasteiger partial charge in [0.2, 0.25) is 0 Å². The quantitative estimate of drug-likeness (QED) is 0.677. The zero-order valence-corrected chi connectivity index (χ0v) is 12.7. The summed E-state index contributed by atoms with van der Waals surface area (Å²) >= 11 is 6.03. The topological polar surface area (TPSA) is 52.9 Å². The van der Waals surface area contributed by atoms with Crippen molar-refractivity contribution in [2.24, 2.45) is 0 Å². The fraction of sp³-hybridized carbons (Fsp3) is 0.111. The molecule has 2 rings (SSSR count). The van der Waals surface area contributed by atoms with E-state index in [4.69, 9.17) is 16.9 Å². The Morgan fingerprint density at radius 2 is 1.82 bits per heavy atom. The van der Waals surface area contributed by atoms with E-state index in [1.807, 2.05) is 36.4 Å². The van der Waals surface area contributed by atoms with Crippen molar-refractivity contribution in [1.82, 2.24) is 5.32 Å². The first kappa shape index (κ1) is 15.8. The maximum atomic E-state index is 12.0. The summed E-state index contributed by atoms with van der Waals surface area (Å²) in [4.78, 5) is 12.0. The standard InChI is InChI=1S/C18H15ClN2O/c19-17-9-5-4-8-15(17)12-16(13-20)18(22)21-11-10-14-6-2-1-3-7-14/h1-9,12H,10-11H2,(H,21,22)/b16-12+. The second-order valence-corrected chi connectivity index (χ2v) is 5.09. The first-order valence-electron chi connectivity index (χ1n) is 6.89. The summed E-state index contributed by atoms with van der Waals surface area (Å²) in [6.45, 7) is 0.477. The number of benzene rings is 2. The van der Waals surface area contributed by atoms with Crippen LogP contribution in [0.2, 0.25) is 5.02 Å². The summed E-state index contributed by atoms with van der Waals surface area (Å²) < 4.78 is 0. The van der Waals surface area contributed by atoms with E-state index < -0.39 is 5.91 Å². The summed E-state index contributed by atoms with van der Waals surface area (Å²) in [6, 6.07) is 18.8. The minimum Gasteiger partial charge on any atom is -0.351 e. The lowest BCUT2D eigenvalue weighted by molar-refractivity contribution is -0.117. The molecule has 0 aliphatic rings. The molecule has 0 bridgehead atoms. The number of hydrogen-bond donors (Lipinski definition) is 1. The molecule has 0 aliphatic heterocycles. The van der Waals surface area contributed by atoms with Gasteiger partial charge in [-0.25, -0.2) is 0 Å². The van der Waals surface area contributed by atoms with E-state index in [1.54, 1.807) is 24.3 Å². The monoisotopic (exact) mass is 310 g/mol. The van der Waals surface area contributed by atoms with Crippen LogP contribution in [0.15, 0.2) is 60.2 Å². The Morgan fingerprint density at radius 1 is 1.14 bits per heavy atom. The number of carbonyl (C=O) groups is 1. The third-order valence-corrected chi connectivity index (χ3v) is 3.46. The first-order valence-corrected chi connectivity index (χ1v) is 7.27. The molecule has 0 saturated carbocycles. The number of carbonyl (C=O) groups excluding carboxylic acids is 1. The van der Waals surface area contributed by atoms with Gasteiger partial charge in [0, 0.05) is 11.6 Å². The van der Waals surface area contributed by atoms with Crippen LogP contribution in [0.3, 0.4) is 0 Å². The van der Waals surface area contributed by atoms with Gasteiger partial charge in [0.05, 0.1) is 0 Å². The second-order valence-electron chi connectivity index (χ2n) is 4.68. The van der Waals surface area contributed by atoms with Crippen LogP contribution >= 0.6 is 11.6 Å². The van der Waals surface area contributed by atoms with Crippen molar-refractivity contribution < 1.29 is 4.79 Å². The second kappa shape index (κ2) is 8.02. The molecule has 0 fully saturated rings. The highest BCUT2D eigenvalue weighted by Gasteiger charge is 2.09. The Bertz CT molecular complexity index is 717. The molecule has 22 heavy (non-hydrogen) atoms. The molecule has 0 aliphatic carbocycles. The van der Waals surface area contributed by atoms with Crippen LogP contribution in [-0.4, -0.2) is 12.5 Å². The molecule has 110 valence electrons. The maximum Gasteiger partial charge on any atom is 0.261 e. The van der Waals surface area contributed by atoms with Crippen LogP contribution < -0.4 is 5.32 Å². The zero-order chi connectivity index (χ0) is 15.8. The van der Waals surface area contributed by atoms with E-state index in [2.05, 4.69) is 5.32 Å². The highest BCUT2D eigenvalue weighted by atomic mass is 35.5. The minimum absolute atomic E-state index is 0.0427. The smallest absolute Gasteiger partial charge is 0.261 e. The zero-order valence-electron chi connectivity index (χ0n) is 11.9. The summed E-state index contributed by atoms with van der Waals surface area (Å²) in [5.74, 6) is -0.390. The van der Waals surface area contributed by atoms with Gasteiger partial charge >= 0.3 is 0 Å². The van der Waals surface area contributed by atoms with Crippen molar-refractivity contribution >= 4 is 23.6 Å². The van der Waals surface area contributed by atoms with Crippen LogP contribution in [0.1, 0.15) is 11.1 Å². The Kier molecular flexibility index (Phi) is 5.76. The molecule has 0 aromatic heterocycles. The van der Waals surface area contributed by atoms with Crippen LogP contribution in [0.25, 0.3) is 6.08 Å². The molecule has 1 amide bonds. The van der Waals surface area contributed by atoms with Crippen molar-refractivity contribution in [3.05, 3.63) is 76.3 Å². The average molecular weight is 311 g/mol. The molecule has 3 nitrogen and oxygen atoms in total. The number of rotatable bonds is 5. The van der Waals surface area contributed by atoms with Gasteiger partial charge in [-0.15, -0.1) is 0 Å². The third kappa shape index (κ3) is 4.47. The van der Waals surface area contributed by atoms with Gasteiger partial charge in [-0.3, -0.25) is 4.79 Å².